The molecule has 0 saturated heterocycles. The molecule has 2 heterocycles. The van der Waals surface area contributed by atoms with Crippen molar-refractivity contribution in [3.05, 3.63) is 42.6 Å². The second-order valence-corrected chi connectivity index (χ2v) is 3.23. The van der Waals surface area contributed by atoms with Crippen LogP contribution in [0.15, 0.2) is 36.9 Å². The van der Waals surface area contributed by atoms with Crippen molar-refractivity contribution in [1.82, 2.24) is 15.0 Å². The van der Waals surface area contributed by atoms with Gasteiger partial charge in [0.1, 0.15) is 12.1 Å². The highest BCUT2D eigenvalue weighted by Crippen LogP contribution is 2.11. The molecule has 0 bridgehead atoms. The molecule has 0 atom stereocenters. The smallest absolute Gasteiger partial charge is 0.127 e. The highest BCUT2D eigenvalue weighted by molar-refractivity contribution is 5.51. The van der Waals surface area contributed by atoms with Crippen molar-refractivity contribution in [3.63, 3.8) is 0 Å². The lowest BCUT2D eigenvalue weighted by Gasteiger charge is -2.06. The molecule has 2 aromatic heterocycles. The Morgan fingerprint density at radius 1 is 1.19 bits per heavy atom. The molecule has 0 fully saturated rings. The van der Waals surface area contributed by atoms with Crippen LogP contribution in [0.2, 0.25) is 0 Å². The summed E-state index contributed by atoms with van der Waals surface area (Å²) in [7, 11) is 1.84. The van der Waals surface area contributed by atoms with Gasteiger partial charge >= 0.3 is 0 Å². The van der Waals surface area contributed by atoms with Crippen molar-refractivity contribution in [2.24, 2.45) is 0 Å². The SMILES string of the molecule is CNc1cc(NCc2ccncn2)ccn1. The molecule has 0 unspecified atom stereocenters. The Labute approximate surface area is 94.0 Å². The van der Waals surface area contributed by atoms with Crippen LogP contribution in [0.25, 0.3) is 0 Å². The van der Waals surface area contributed by atoms with Crippen molar-refractivity contribution in [2.75, 3.05) is 17.7 Å². The van der Waals surface area contributed by atoms with Gasteiger partial charge in [0.15, 0.2) is 0 Å². The number of anilines is 2. The molecule has 16 heavy (non-hydrogen) atoms. The molecule has 0 amide bonds. The Bertz CT molecular complexity index is 443. The maximum absolute atomic E-state index is 4.14. The Morgan fingerprint density at radius 2 is 2.12 bits per heavy atom. The van der Waals surface area contributed by atoms with Crippen molar-refractivity contribution >= 4 is 11.5 Å². The first kappa shape index (κ1) is 10.4. The number of aromatic nitrogens is 3. The summed E-state index contributed by atoms with van der Waals surface area (Å²) in [6.45, 7) is 0.676. The monoisotopic (exact) mass is 215 g/mol. The number of nitrogens with zero attached hydrogens (tertiary/aromatic N) is 3. The van der Waals surface area contributed by atoms with Crippen LogP contribution in [0.4, 0.5) is 11.5 Å². The zero-order valence-electron chi connectivity index (χ0n) is 9.01. The molecule has 0 spiro atoms. The number of hydrogen-bond donors (Lipinski definition) is 2. The predicted molar refractivity (Wildman–Crippen MR) is 63.1 cm³/mol. The van der Waals surface area contributed by atoms with E-state index < -0.39 is 0 Å². The second kappa shape index (κ2) is 5.06. The third-order valence-corrected chi connectivity index (χ3v) is 2.13. The van der Waals surface area contributed by atoms with Gasteiger partial charge in [-0.2, -0.15) is 0 Å². The standard InChI is InChI=1S/C11H13N5/c1-12-11-6-9(3-5-14-11)15-7-10-2-4-13-8-16-10/h2-6,8H,7H2,1H3,(H2,12,14,15). The lowest BCUT2D eigenvalue weighted by Crippen LogP contribution is -2.02. The molecule has 2 rings (SSSR count). The maximum Gasteiger partial charge on any atom is 0.127 e. The third-order valence-electron chi connectivity index (χ3n) is 2.13. The summed E-state index contributed by atoms with van der Waals surface area (Å²) >= 11 is 0. The van der Waals surface area contributed by atoms with Gasteiger partial charge in [-0.25, -0.2) is 15.0 Å². The molecular weight excluding hydrogens is 202 g/mol. The third kappa shape index (κ3) is 2.66. The fourth-order valence-corrected chi connectivity index (χ4v) is 1.29. The van der Waals surface area contributed by atoms with E-state index in [1.165, 1.54) is 0 Å². The van der Waals surface area contributed by atoms with Crippen LogP contribution in [0.1, 0.15) is 5.69 Å². The second-order valence-electron chi connectivity index (χ2n) is 3.23. The number of rotatable bonds is 4. The van der Waals surface area contributed by atoms with E-state index in [4.69, 9.17) is 0 Å². The lowest BCUT2D eigenvalue weighted by molar-refractivity contribution is 1.01. The molecule has 0 aliphatic rings. The summed E-state index contributed by atoms with van der Waals surface area (Å²) in [5.74, 6) is 0.840. The van der Waals surface area contributed by atoms with Gasteiger partial charge in [0.2, 0.25) is 0 Å². The van der Waals surface area contributed by atoms with Crippen molar-refractivity contribution in [2.45, 2.75) is 6.54 Å². The minimum Gasteiger partial charge on any atom is -0.379 e. The van der Waals surface area contributed by atoms with Gasteiger partial charge in [0.25, 0.3) is 0 Å². The van der Waals surface area contributed by atoms with Crippen LogP contribution in [-0.2, 0) is 6.54 Å². The van der Waals surface area contributed by atoms with Crippen LogP contribution in [0.5, 0.6) is 0 Å². The first-order valence-corrected chi connectivity index (χ1v) is 5.01. The fraction of sp³-hybridized carbons (Fsp3) is 0.182. The quantitative estimate of drug-likeness (QED) is 0.809. The van der Waals surface area contributed by atoms with Gasteiger partial charge in [0.05, 0.1) is 12.2 Å². The topological polar surface area (TPSA) is 62.7 Å². The maximum atomic E-state index is 4.14. The van der Waals surface area contributed by atoms with E-state index >= 15 is 0 Å². The Hall–Kier alpha value is -2.17. The van der Waals surface area contributed by atoms with Crippen molar-refractivity contribution in [1.29, 1.82) is 0 Å². The van der Waals surface area contributed by atoms with Gasteiger partial charge in [0, 0.05) is 31.2 Å². The Kier molecular flexibility index (Phi) is 3.28. The van der Waals surface area contributed by atoms with Gasteiger partial charge in [-0.1, -0.05) is 0 Å². The minimum absolute atomic E-state index is 0.676. The Balaban J connectivity index is 1.99. The van der Waals surface area contributed by atoms with Crippen LogP contribution in [0, 0.1) is 0 Å². The predicted octanol–water partition coefficient (Wildman–Crippen LogP) is 1.53. The molecular formula is C11H13N5. The van der Waals surface area contributed by atoms with E-state index in [2.05, 4.69) is 25.6 Å². The summed E-state index contributed by atoms with van der Waals surface area (Å²) in [4.78, 5) is 12.1. The molecule has 2 aromatic rings. The van der Waals surface area contributed by atoms with E-state index in [1.807, 2.05) is 25.2 Å². The van der Waals surface area contributed by atoms with Crippen molar-refractivity contribution < 1.29 is 0 Å². The zero-order chi connectivity index (χ0) is 11.2. The summed E-state index contributed by atoms with van der Waals surface area (Å²) in [5.41, 5.74) is 1.97. The van der Waals surface area contributed by atoms with Crippen molar-refractivity contribution in [3.8, 4) is 0 Å². The molecule has 5 nitrogen and oxygen atoms in total. The molecule has 0 aliphatic heterocycles. The van der Waals surface area contributed by atoms with E-state index in [9.17, 15) is 0 Å². The zero-order valence-corrected chi connectivity index (χ0v) is 9.01. The molecule has 5 heteroatoms. The van der Waals surface area contributed by atoms with E-state index in [-0.39, 0.29) is 0 Å². The van der Waals surface area contributed by atoms with E-state index in [0.29, 0.717) is 6.54 Å². The van der Waals surface area contributed by atoms with Crippen LogP contribution >= 0.6 is 0 Å². The van der Waals surface area contributed by atoms with Crippen LogP contribution in [-0.4, -0.2) is 22.0 Å². The summed E-state index contributed by atoms with van der Waals surface area (Å²) in [6.07, 6.45) is 5.03. The van der Waals surface area contributed by atoms with Gasteiger partial charge in [-0.05, 0) is 12.1 Å². The van der Waals surface area contributed by atoms with Gasteiger partial charge in [-0.15, -0.1) is 0 Å². The summed E-state index contributed by atoms with van der Waals surface area (Å²) in [6, 6.07) is 5.75. The largest absolute Gasteiger partial charge is 0.379 e. The number of hydrogen-bond acceptors (Lipinski definition) is 5. The minimum atomic E-state index is 0.676. The average molecular weight is 215 g/mol. The molecule has 2 N–H and O–H groups in total. The van der Waals surface area contributed by atoms with Crippen LogP contribution in [0.3, 0.4) is 0 Å². The van der Waals surface area contributed by atoms with E-state index in [0.717, 1.165) is 17.2 Å². The molecule has 0 saturated carbocycles. The molecule has 0 aromatic carbocycles. The highest BCUT2D eigenvalue weighted by Gasteiger charge is 1.96. The first-order chi connectivity index (χ1) is 7.88. The summed E-state index contributed by atoms with van der Waals surface area (Å²) in [5, 5.41) is 6.25. The first-order valence-electron chi connectivity index (χ1n) is 5.01. The molecule has 0 aliphatic carbocycles. The Morgan fingerprint density at radius 3 is 2.88 bits per heavy atom. The highest BCUT2D eigenvalue weighted by atomic mass is 15.0. The molecule has 0 radical (unpaired) electrons. The normalized spacial score (nSPS) is 9.81. The number of nitrogens with one attached hydrogen (secondary N) is 2. The fourth-order valence-electron chi connectivity index (χ4n) is 1.29. The molecule has 82 valence electrons. The van der Waals surface area contributed by atoms with Gasteiger partial charge in [-0.3, -0.25) is 0 Å². The average Bonchev–Trinajstić information content (AvgIpc) is 2.38. The summed E-state index contributed by atoms with van der Waals surface area (Å²) < 4.78 is 0. The van der Waals surface area contributed by atoms with E-state index in [1.54, 1.807) is 18.7 Å². The lowest BCUT2D eigenvalue weighted by atomic mass is 10.3. The van der Waals surface area contributed by atoms with Crippen LogP contribution < -0.4 is 10.6 Å². The van der Waals surface area contributed by atoms with Gasteiger partial charge < -0.3 is 10.6 Å². The number of pyridine rings is 1.